The van der Waals surface area contributed by atoms with Gasteiger partial charge in [-0.1, -0.05) is 37.6 Å². The summed E-state index contributed by atoms with van der Waals surface area (Å²) in [5.74, 6) is 1.04. The van der Waals surface area contributed by atoms with Crippen LogP contribution in [0.2, 0.25) is 0 Å². The van der Waals surface area contributed by atoms with E-state index in [4.69, 9.17) is 9.47 Å². The summed E-state index contributed by atoms with van der Waals surface area (Å²) in [5, 5.41) is 2.85. The molecule has 1 amide bonds. The number of aryl methyl sites for hydroxylation is 1. The molecule has 0 saturated carbocycles. The Hall–Kier alpha value is -2.75. The summed E-state index contributed by atoms with van der Waals surface area (Å²) < 4.78 is 10.6. The molecule has 1 N–H and O–H groups in total. The van der Waals surface area contributed by atoms with Gasteiger partial charge in [-0.05, 0) is 36.3 Å². The van der Waals surface area contributed by atoms with Crippen LogP contribution in [0.15, 0.2) is 48.5 Å². The molecule has 0 atom stereocenters. The van der Waals surface area contributed by atoms with Gasteiger partial charge in [0.2, 0.25) is 5.91 Å². The summed E-state index contributed by atoms with van der Waals surface area (Å²) in [6.45, 7) is 2.15. The molecule has 2 rings (SSSR count). The van der Waals surface area contributed by atoms with Crippen molar-refractivity contribution in [2.45, 2.75) is 19.8 Å². The largest absolute Gasteiger partial charge is 0.493 e. The lowest BCUT2D eigenvalue weighted by Crippen LogP contribution is -2.07. The number of para-hydroxylation sites is 1. The number of methoxy groups -OCH3 is 2. The summed E-state index contributed by atoms with van der Waals surface area (Å²) in [7, 11) is 3.16. The molecule has 0 radical (unpaired) electrons. The molecule has 4 nitrogen and oxygen atoms in total. The molecule has 0 aliphatic carbocycles. The number of hydrogen-bond donors (Lipinski definition) is 1. The Morgan fingerprint density at radius 2 is 1.83 bits per heavy atom. The second-order valence-corrected chi connectivity index (χ2v) is 5.35. The van der Waals surface area contributed by atoms with E-state index in [9.17, 15) is 4.79 Å². The second kappa shape index (κ2) is 8.77. The number of rotatable bonds is 7. The minimum Gasteiger partial charge on any atom is -0.493 e. The number of nitrogens with one attached hydrogen (secondary N) is 1. The molecule has 0 unspecified atom stereocenters. The molecular formula is C20H23NO3. The molecule has 2 aromatic carbocycles. The first kappa shape index (κ1) is 17.6. The Morgan fingerprint density at radius 3 is 2.46 bits per heavy atom. The number of hydrogen-bond acceptors (Lipinski definition) is 3. The van der Waals surface area contributed by atoms with E-state index >= 15 is 0 Å². The maximum atomic E-state index is 12.1. The quantitative estimate of drug-likeness (QED) is 0.772. The summed E-state index contributed by atoms with van der Waals surface area (Å²) in [6.07, 6.45) is 5.35. The molecule has 4 heteroatoms. The van der Waals surface area contributed by atoms with Gasteiger partial charge in [0.15, 0.2) is 11.5 Å². The smallest absolute Gasteiger partial charge is 0.248 e. The first-order valence-corrected chi connectivity index (χ1v) is 7.97. The fourth-order valence-corrected chi connectivity index (χ4v) is 2.44. The van der Waals surface area contributed by atoms with Crippen LogP contribution in [0.25, 0.3) is 6.08 Å². The molecule has 24 heavy (non-hydrogen) atoms. The molecule has 2 aromatic rings. The van der Waals surface area contributed by atoms with Crippen LogP contribution in [-0.2, 0) is 11.2 Å². The van der Waals surface area contributed by atoms with Gasteiger partial charge in [0.25, 0.3) is 0 Å². The van der Waals surface area contributed by atoms with Gasteiger partial charge >= 0.3 is 0 Å². The monoisotopic (exact) mass is 325 g/mol. The Labute approximate surface area is 143 Å². The molecule has 126 valence electrons. The van der Waals surface area contributed by atoms with E-state index in [1.54, 1.807) is 20.3 Å². The number of ether oxygens (including phenoxy) is 2. The molecule has 0 spiro atoms. The van der Waals surface area contributed by atoms with E-state index in [0.29, 0.717) is 11.5 Å². The van der Waals surface area contributed by atoms with E-state index < -0.39 is 0 Å². The SMILES string of the molecule is CCCc1ccc(NC(=O)/C=C/c2cccc(OC)c2OC)cc1. The Bertz CT molecular complexity index is 705. The van der Waals surface area contributed by atoms with Crippen LogP contribution in [0.1, 0.15) is 24.5 Å². The molecule has 0 heterocycles. The van der Waals surface area contributed by atoms with Gasteiger partial charge in [-0.25, -0.2) is 0 Å². The van der Waals surface area contributed by atoms with Crippen LogP contribution in [0.5, 0.6) is 11.5 Å². The first-order valence-electron chi connectivity index (χ1n) is 7.97. The summed E-state index contributed by atoms with van der Waals surface area (Å²) in [6, 6.07) is 13.4. The average molecular weight is 325 g/mol. The van der Waals surface area contributed by atoms with Crippen LogP contribution >= 0.6 is 0 Å². The lowest BCUT2D eigenvalue weighted by molar-refractivity contribution is -0.111. The van der Waals surface area contributed by atoms with Crippen molar-refractivity contribution in [1.82, 2.24) is 0 Å². The van der Waals surface area contributed by atoms with Crippen molar-refractivity contribution >= 4 is 17.7 Å². The lowest BCUT2D eigenvalue weighted by atomic mass is 10.1. The van der Waals surface area contributed by atoms with Crippen LogP contribution in [-0.4, -0.2) is 20.1 Å². The highest BCUT2D eigenvalue weighted by molar-refractivity contribution is 6.02. The fourth-order valence-electron chi connectivity index (χ4n) is 2.44. The fraction of sp³-hybridized carbons (Fsp3) is 0.250. The Balaban J connectivity index is 2.05. The molecular weight excluding hydrogens is 302 g/mol. The number of carbonyl (C=O) groups is 1. The Kier molecular flexibility index (Phi) is 6.43. The predicted octanol–water partition coefficient (Wildman–Crippen LogP) is 4.31. The van der Waals surface area contributed by atoms with Gasteiger partial charge in [-0.3, -0.25) is 4.79 Å². The average Bonchev–Trinajstić information content (AvgIpc) is 2.61. The molecule has 0 aliphatic heterocycles. The highest BCUT2D eigenvalue weighted by Crippen LogP contribution is 2.31. The van der Waals surface area contributed by atoms with Gasteiger partial charge in [-0.15, -0.1) is 0 Å². The normalized spacial score (nSPS) is 10.6. The maximum Gasteiger partial charge on any atom is 0.248 e. The molecule has 0 fully saturated rings. The predicted molar refractivity (Wildman–Crippen MR) is 97.6 cm³/mol. The Morgan fingerprint density at radius 1 is 1.08 bits per heavy atom. The van der Waals surface area contributed by atoms with Crippen molar-refractivity contribution in [3.8, 4) is 11.5 Å². The lowest BCUT2D eigenvalue weighted by Gasteiger charge is -2.09. The van der Waals surface area contributed by atoms with Crippen LogP contribution in [0, 0.1) is 0 Å². The maximum absolute atomic E-state index is 12.1. The summed E-state index contributed by atoms with van der Waals surface area (Å²) in [5.41, 5.74) is 2.83. The highest BCUT2D eigenvalue weighted by atomic mass is 16.5. The summed E-state index contributed by atoms with van der Waals surface area (Å²) >= 11 is 0. The molecule has 0 bridgehead atoms. The zero-order chi connectivity index (χ0) is 17.4. The van der Waals surface area contributed by atoms with Gasteiger partial charge in [-0.2, -0.15) is 0 Å². The third-order valence-electron chi connectivity index (χ3n) is 3.61. The number of carbonyl (C=O) groups excluding carboxylic acids is 1. The van der Waals surface area contributed by atoms with Crippen molar-refractivity contribution in [2.75, 3.05) is 19.5 Å². The van der Waals surface area contributed by atoms with Crippen molar-refractivity contribution in [3.63, 3.8) is 0 Å². The van der Waals surface area contributed by atoms with E-state index in [1.807, 2.05) is 42.5 Å². The molecule has 0 saturated heterocycles. The van der Waals surface area contributed by atoms with Gasteiger partial charge in [0.1, 0.15) is 0 Å². The van der Waals surface area contributed by atoms with Crippen LogP contribution < -0.4 is 14.8 Å². The van der Waals surface area contributed by atoms with Gasteiger partial charge in [0, 0.05) is 17.3 Å². The minimum atomic E-state index is -0.192. The highest BCUT2D eigenvalue weighted by Gasteiger charge is 2.07. The summed E-state index contributed by atoms with van der Waals surface area (Å²) in [4.78, 5) is 12.1. The standard InChI is InChI=1S/C20H23NO3/c1-4-6-15-9-12-17(13-10-15)21-19(22)14-11-16-7-5-8-18(23-2)20(16)24-3/h5,7-14H,4,6H2,1-3H3,(H,21,22)/b14-11+. The zero-order valence-corrected chi connectivity index (χ0v) is 14.3. The van der Waals surface area contributed by atoms with Crippen LogP contribution in [0.3, 0.4) is 0 Å². The van der Waals surface area contributed by atoms with Gasteiger partial charge < -0.3 is 14.8 Å². The van der Waals surface area contributed by atoms with E-state index in [-0.39, 0.29) is 5.91 Å². The number of anilines is 1. The van der Waals surface area contributed by atoms with Crippen molar-refractivity contribution in [3.05, 3.63) is 59.7 Å². The third-order valence-corrected chi connectivity index (χ3v) is 3.61. The zero-order valence-electron chi connectivity index (χ0n) is 14.3. The van der Waals surface area contributed by atoms with Gasteiger partial charge in [0.05, 0.1) is 14.2 Å². The molecule has 0 aromatic heterocycles. The van der Waals surface area contributed by atoms with Crippen LogP contribution in [0.4, 0.5) is 5.69 Å². The van der Waals surface area contributed by atoms with E-state index in [2.05, 4.69) is 12.2 Å². The molecule has 0 aliphatic rings. The number of benzene rings is 2. The first-order chi connectivity index (χ1) is 11.7. The minimum absolute atomic E-state index is 0.192. The third kappa shape index (κ3) is 4.62. The van der Waals surface area contributed by atoms with E-state index in [0.717, 1.165) is 24.1 Å². The second-order valence-electron chi connectivity index (χ2n) is 5.35. The van der Waals surface area contributed by atoms with Crippen molar-refractivity contribution < 1.29 is 14.3 Å². The number of amides is 1. The van der Waals surface area contributed by atoms with E-state index in [1.165, 1.54) is 11.6 Å². The van der Waals surface area contributed by atoms with Crippen molar-refractivity contribution in [1.29, 1.82) is 0 Å². The van der Waals surface area contributed by atoms with Crippen molar-refractivity contribution in [2.24, 2.45) is 0 Å². The topological polar surface area (TPSA) is 47.6 Å².